The number of piperidine rings is 1. The Morgan fingerprint density at radius 3 is 2.64 bits per heavy atom. The molecule has 0 saturated carbocycles. The lowest BCUT2D eigenvalue weighted by Crippen LogP contribution is -2.47. The lowest BCUT2D eigenvalue weighted by atomic mass is 10.0. The second-order valence-corrected chi connectivity index (χ2v) is 4.49. The van der Waals surface area contributed by atoms with E-state index < -0.39 is 0 Å². The summed E-state index contributed by atoms with van der Waals surface area (Å²) < 4.78 is 0. The van der Waals surface area contributed by atoms with Gasteiger partial charge in [0.1, 0.15) is 5.78 Å². The molecule has 0 spiro atoms. The van der Waals surface area contributed by atoms with Gasteiger partial charge < -0.3 is 5.32 Å². The molecule has 2 aliphatic rings. The predicted molar refractivity (Wildman–Crippen MR) is 56.3 cm³/mol. The summed E-state index contributed by atoms with van der Waals surface area (Å²) in [6, 6.07) is 0.894. The summed E-state index contributed by atoms with van der Waals surface area (Å²) in [4.78, 5) is 13.9. The van der Waals surface area contributed by atoms with Crippen LogP contribution in [-0.2, 0) is 4.79 Å². The molecule has 2 heterocycles. The number of nitrogens with one attached hydrogen (secondary N) is 1. The molecular formula is C11H20N2O. The lowest BCUT2D eigenvalue weighted by Gasteiger charge is -2.34. The van der Waals surface area contributed by atoms with Gasteiger partial charge in [0.05, 0.1) is 6.04 Å². The van der Waals surface area contributed by atoms with Gasteiger partial charge in [0.15, 0.2) is 0 Å². The van der Waals surface area contributed by atoms with E-state index in [2.05, 4.69) is 10.2 Å². The second kappa shape index (κ2) is 4.41. The zero-order valence-corrected chi connectivity index (χ0v) is 8.96. The number of nitrogens with zero attached hydrogens (tertiary/aromatic N) is 1. The average molecular weight is 196 g/mol. The Hall–Kier alpha value is -0.410. The molecule has 14 heavy (non-hydrogen) atoms. The Bertz CT molecular complexity index is 211. The highest BCUT2D eigenvalue weighted by molar-refractivity contribution is 5.81. The van der Waals surface area contributed by atoms with Crippen LogP contribution in [0.25, 0.3) is 0 Å². The van der Waals surface area contributed by atoms with E-state index in [4.69, 9.17) is 0 Å². The molecule has 0 amide bonds. The quantitative estimate of drug-likeness (QED) is 0.709. The number of carbonyl (C=O) groups excluding carboxylic acids is 1. The molecule has 2 fully saturated rings. The molecule has 0 aromatic rings. The number of rotatable bonds is 2. The van der Waals surface area contributed by atoms with Crippen LogP contribution in [0.1, 0.15) is 32.6 Å². The number of hydrogen-bond acceptors (Lipinski definition) is 3. The van der Waals surface area contributed by atoms with E-state index in [1.807, 2.05) is 0 Å². The zero-order chi connectivity index (χ0) is 9.97. The third-order valence-electron chi connectivity index (χ3n) is 3.54. The van der Waals surface area contributed by atoms with Gasteiger partial charge in [0.25, 0.3) is 0 Å². The molecule has 2 saturated heterocycles. The van der Waals surface area contributed by atoms with Crippen molar-refractivity contribution in [2.45, 2.75) is 44.7 Å². The number of hydrogen-bond donors (Lipinski definition) is 1. The van der Waals surface area contributed by atoms with E-state index in [0.29, 0.717) is 11.8 Å². The zero-order valence-electron chi connectivity index (χ0n) is 8.96. The van der Waals surface area contributed by atoms with Crippen molar-refractivity contribution >= 4 is 5.78 Å². The fourth-order valence-electron chi connectivity index (χ4n) is 2.80. The topological polar surface area (TPSA) is 32.3 Å². The highest BCUT2D eigenvalue weighted by Gasteiger charge is 2.33. The number of Topliss-reactive ketones (excluding diaryl/α,β-unsaturated/α-hetero) is 1. The standard InChI is InChI=1S/C11H20N2O/c1-9(14)11-3-2-8-13(11)10-4-6-12-7-5-10/h10-12H,2-8H2,1H3. The molecule has 3 heteroatoms. The van der Waals surface area contributed by atoms with E-state index in [1.165, 1.54) is 19.3 Å². The number of likely N-dealkylation sites (tertiary alicyclic amines) is 1. The van der Waals surface area contributed by atoms with Crippen molar-refractivity contribution in [3.63, 3.8) is 0 Å². The van der Waals surface area contributed by atoms with Crippen LogP contribution >= 0.6 is 0 Å². The molecule has 1 atom stereocenters. The fourth-order valence-corrected chi connectivity index (χ4v) is 2.80. The molecule has 0 radical (unpaired) electrons. The maximum absolute atomic E-state index is 11.4. The minimum atomic E-state index is 0.234. The first-order valence-corrected chi connectivity index (χ1v) is 5.76. The predicted octanol–water partition coefficient (Wildman–Crippen LogP) is 0.792. The Labute approximate surface area is 85.8 Å². The molecule has 1 N–H and O–H groups in total. The van der Waals surface area contributed by atoms with Crippen LogP contribution in [0.3, 0.4) is 0 Å². The third kappa shape index (κ3) is 1.98. The van der Waals surface area contributed by atoms with Gasteiger partial charge >= 0.3 is 0 Å². The number of ketones is 1. The fraction of sp³-hybridized carbons (Fsp3) is 0.909. The molecule has 3 nitrogen and oxygen atoms in total. The van der Waals surface area contributed by atoms with Gasteiger partial charge in [0.2, 0.25) is 0 Å². The van der Waals surface area contributed by atoms with Crippen LogP contribution in [0.5, 0.6) is 0 Å². The molecular weight excluding hydrogens is 176 g/mol. The van der Waals surface area contributed by atoms with E-state index >= 15 is 0 Å². The maximum atomic E-state index is 11.4. The average Bonchev–Trinajstić information content (AvgIpc) is 2.67. The monoisotopic (exact) mass is 196 g/mol. The van der Waals surface area contributed by atoms with Gasteiger partial charge in [-0.05, 0) is 52.2 Å². The molecule has 0 aromatic heterocycles. The van der Waals surface area contributed by atoms with Crippen molar-refractivity contribution in [2.75, 3.05) is 19.6 Å². The molecule has 80 valence electrons. The minimum absolute atomic E-state index is 0.234. The first-order chi connectivity index (χ1) is 6.79. The van der Waals surface area contributed by atoms with Gasteiger partial charge in [-0.1, -0.05) is 0 Å². The van der Waals surface area contributed by atoms with E-state index in [-0.39, 0.29) is 6.04 Å². The van der Waals surface area contributed by atoms with E-state index in [9.17, 15) is 4.79 Å². The summed E-state index contributed by atoms with van der Waals surface area (Å²) in [5.41, 5.74) is 0. The normalized spacial score (nSPS) is 30.8. The van der Waals surface area contributed by atoms with Crippen molar-refractivity contribution < 1.29 is 4.79 Å². The van der Waals surface area contributed by atoms with Crippen molar-refractivity contribution in [2.24, 2.45) is 0 Å². The van der Waals surface area contributed by atoms with Crippen molar-refractivity contribution in [3.8, 4) is 0 Å². The third-order valence-corrected chi connectivity index (χ3v) is 3.54. The first kappa shape index (κ1) is 10.1. The summed E-state index contributed by atoms with van der Waals surface area (Å²) in [5, 5.41) is 3.37. The highest BCUT2D eigenvalue weighted by Crippen LogP contribution is 2.24. The second-order valence-electron chi connectivity index (χ2n) is 4.49. The molecule has 0 bridgehead atoms. The van der Waals surface area contributed by atoms with Crippen molar-refractivity contribution in [1.29, 1.82) is 0 Å². The highest BCUT2D eigenvalue weighted by atomic mass is 16.1. The first-order valence-electron chi connectivity index (χ1n) is 5.76. The Balaban J connectivity index is 1.97. The van der Waals surface area contributed by atoms with E-state index in [0.717, 1.165) is 26.1 Å². The minimum Gasteiger partial charge on any atom is -0.317 e. The smallest absolute Gasteiger partial charge is 0.146 e. The summed E-state index contributed by atoms with van der Waals surface area (Å²) >= 11 is 0. The molecule has 2 rings (SSSR count). The maximum Gasteiger partial charge on any atom is 0.146 e. The molecule has 2 aliphatic heterocycles. The van der Waals surface area contributed by atoms with Crippen LogP contribution in [0, 0.1) is 0 Å². The molecule has 0 aliphatic carbocycles. The van der Waals surface area contributed by atoms with Gasteiger partial charge in [-0.15, -0.1) is 0 Å². The van der Waals surface area contributed by atoms with Crippen LogP contribution < -0.4 is 5.32 Å². The summed E-state index contributed by atoms with van der Waals surface area (Å²) in [6.45, 7) is 5.11. The van der Waals surface area contributed by atoms with Gasteiger partial charge in [-0.2, -0.15) is 0 Å². The van der Waals surface area contributed by atoms with Gasteiger partial charge in [-0.3, -0.25) is 9.69 Å². The Morgan fingerprint density at radius 2 is 2.00 bits per heavy atom. The summed E-state index contributed by atoms with van der Waals surface area (Å²) in [7, 11) is 0. The lowest BCUT2D eigenvalue weighted by molar-refractivity contribution is -0.122. The van der Waals surface area contributed by atoms with Crippen molar-refractivity contribution in [1.82, 2.24) is 10.2 Å². The van der Waals surface area contributed by atoms with Crippen LogP contribution in [-0.4, -0.2) is 42.4 Å². The van der Waals surface area contributed by atoms with Gasteiger partial charge in [0, 0.05) is 6.04 Å². The summed E-state index contributed by atoms with van der Waals surface area (Å²) in [5.74, 6) is 0.362. The van der Waals surface area contributed by atoms with Crippen LogP contribution in [0.15, 0.2) is 0 Å². The number of carbonyl (C=O) groups is 1. The van der Waals surface area contributed by atoms with Crippen LogP contribution in [0.4, 0.5) is 0 Å². The van der Waals surface area contributed by atoms with E-state index in [1.54, 1.807) is 6.92 Å². The molecule has 1 unspecified atom stereocenters. The van der Waals surface area contributed by atoms with Crippen molar-refractivity contribution in [3.05, 3.63) is 0 Å². The van der Waals surface area contributed by atoms with Crippen LogP contribution in [0.2, 0.25) is 0 Å². The summed E-state index contributed by atoms with van der Waals surface area (Å²) in [6.07, 6.45) is 4.71. The largest absolute Gasteiger partial charge is 0.317 e. The van der Waals surface area contributed by atoms with Gasteiger partial charge in [-0.25, -0.2) is 0 Å². The Kier molecular flexibility index (Phi) is 3.19. The Morgan fingerprint density at radius 1 is 1.29 bits per heavy atom. The SMILES string of the molecule is CC(=O)C1CCCN1C1CCNCC1. The molecule has 0 aromatic carbocycles.